The molecule has 1 N–H and O–H groups in total. The molecule has 2 saturated heterocycles. The zero-order chi connectivity index (χ0) is 31.6. The van der Waals surface area contributed by atoms with Gasteiger partial charge < -0.3 is 24.1 Å². The summed E-state index contributed by atoms with van der Waals surface area (Å²) in [6.45, 7) is 12.4. The number of aldehydes is 1. The minimum absolute atomic E-state index is 0.00142. The fourth-order valence-electron chi connectivity index (χ4n) is 7.87. The molecule has 4 aromatic rings. The number of ether oxygens (including phenoxy) is 3. The predicted octanol–water partition coefficient (Wildman–Crippen LogP) is 5.77. The molecule has 2 aromatic heterocycles. The first kappa shape index (κ1) is 29.3. The molecular formula is C36H40FN5O4. The third-order valence-electron chi connectivity index (χ3n) is 10.5. The number of pyridine rings is 1. The average Bonchev–Trinajstić information content (AvgIpc) is 3.54. The molecule has 0 unspecified atom stereocenters. The molecule has 0 radical (unpaired) electrons. The van der Waals surface area contributed by atoms with Gasteiger partial charge in [-0.1, -0.05) is 13.8 Å². The minimum atomic E-state index is -0.389. The number of rotatable bonds is 8. The van der Waals surface area contributed by atoms with Crippen LogP contribution in [-0.4, -0.2) is 85.1 Å². The van der Waals surface area contributed by atoms with Gasteiger partial charge in [0.25, 0.3) is 0 Å². The quantitative estimate of drug-likeness (QED) is 0.247. The van der Waals surface area contributed by atoms with Crippen LogP contribution in [0.15, 0.2) is 48.8 Å². The lowest BCUT2D eigenvalue weighted by molar-refractivity contribution is -0.0380. The van der Waals surface area contributed by atoms with E-state index in [-0.39, 0.29) is 11.2 Å². The van der Waals surface area contributed by atoms with Gasteiger partial charge in [0.05, 0.1) is 30.9 Å². The number of aromatic nitrogens is 2. The Kier molecular flexibility index (Phi) is 6.99. The molecule has 0 atom stereocenters. The molecule has 1 saturated carbocycles. The van der Waals surface area contributed by atoms with Crippen molar-refractivity contribution >= 4 is 23.0 Å². The van der Waals surface area contributed by atoms with E-state index in [9.17, 15) is 9.18 Å². The minimum Gasteiger partial charge on any atom is -0.493 e. The standard InChI is InChI=1S/C36H40FN5O4/c1-35(2)22-45-33-29(35)10-23(11-32(33)44-3)18-40-6-8-41(9-7-40)26-14-36(15-26)20-42(21-36)25-5-4-24(19-43)31(12-25)46-27-13-28-30(37)17-39-34(28)38-16-27/h4-5,10-13,16-17,19,26H,6-9,14-15,18,20-22H2,1-3H3,(H,38,39). The molecule has 0 bridgehead atoms. The van der Waals surface area contributed by atoms with Crippen LogP contribution < -0.4 is 19.1 Å². The molecule has 3 aliphatic heterocycles. The number of nitrogens with one attached hydrogen (secondary N) is 1. The number of hydrogen-bond donors (Lipinski definition) is 1. The van der Waals surface area contributed by atoms with Gasteiger partial charge in [-0.2, -0.15) is 0 Å². The van der Waals surface area contributed by atoms with E-state index >= 15 is 0 Å². The predicted molar refractivity (Wildman–Crippen MR) is 174 cm³/mol. The highest BCUT2D eigenvalue weighted by Crippen LogP contribution is 2.52. The van der Waals surface area contributed by atoms with Crippen molar-refractivity contribution in [3.05, 3.63) is 71.3 Å². The summed E-state index contributed by atoms with van der Waals surface area (Å²) in [7, 11) is 1.73. The van der Waals surface area contributed by atoms with Crippen LogP contribution in [0.2, 0.25) is 0 Å². The maximum absolute atomic E-state index is 14.1. The molecule has 1 spiro atoms. The summed E-state index contributed by atoms with van der Waals surface area (Å²) in [5.74, 6) is 2.20. The summed E-state index contributed by atoms with van der Waals surface area (Å²) in [6.07, 6.45) is 6.05. The second-order valence-corrected chi connectivity index (χ2v) is 14.2. The van der Waals surface area contributed by atoms with E-state index in [2.05, 4.69) is 50.6 Å². The Morgan fingerprint density at radius 3 is 2.65 bits per heavy atom. The molecule has 3 fully saturated rings. The molecule has 1 aliphatic carbocycles. The van der Waals surface area contributed by atoms with E-state index in [0.717, 1.165) is 69.3 Å². The summed E-state index contributed by atoms with van der Waals surface area (Å²) in [5.41, 5.74) is 4.85. The van der Waals surface area contributed by atoms with Crippen LogP contribution in [0.25, 0.3) is 11.0 Å². The van der Waals surface area contributed by atoms with Gasteiger partial charge in [-0.25, -0.2) is 9.37 Å². The number of halogens is 1. The molecule has 0 amide bonds. The number of anilines is 1. The van der Waals surface area contributed by atoms with Gasteiger partial charge in [0, 0.05) is 86.2 Å². The highest BCUT2D eigenvalue weighted by Gasteiger charge is 2.54. The van der Waals surface area contributed by atoms with Crippen LogP contribution >= 0.6 is 0 Å². The fraction of sp³-hybridized carbons (Fsp3) is 0.444. The average molecular weight is 626 g/mol. The summed E-state index contributed by atoms with van der Waals surface area (Å²) in [6, 6.07) is 12.4. The van der Waals surface area contributed by atoms with Gasteiger partial charge in [-0.05, 0) is 48.7 Å². The molecule has 5 heterocycles. The van der Waals surface area contributed by atoms with E-state index in [1.165, 1.54) is 36.4 Å². The Hall–Kier alpha value is -4.15. The summed E-state index contributed by atoms with van der Waals surface area (Å²) in [5, 5.41) is 0.353. The van der Waals surface area contributed by atoms with Crippen LogP contribution in [0, 0.1) is 11.2 Å². The first-order valence-corrected chi connectivity index (χ1v) is 16.2. The van der Waals surface area contributed by atoms with Crippen molar-refractivity contribution < 1.29 is 23.4 Å². The van der Waals surface area contributed by atoms with Gasteiger partial charge >= 0.3 is 0 Å². The van der Waals surface area contributed by atoms with Crippen molar-refractivity contribution in [3.8, 4) is 23.0 Å². The highest BCUT2D eigenvalue weighted by molar-refractivity contribution is 5.82. The number of hydrogen-bond acceptors (Lipinski definition) is 8. The van der Waals surface area contributed by atoms with Crippen LogP contribution in [0.4, 0.5) is 10.1 Å². The normalized spacial score (nSPS) is 20.7. The molecule has 4 aliphatic rings. The number of carbonyl (C=O) groups excluding carboxylic acids is 1. The number of H-pyrrole nitrogens is 1. The van der Waals surface area contributed by atoms with Gasteiger partial charge in [-0.15, -0.1) is 0 Å². The highest BCUT2D eigenvalue weighted by atomic mass is 19.1. The van der Waals surface area contributed by atoms with Crippen LogP contribution in [-0.2, 0) is 12.0 Å². The number of nitrogens with zero attached hydrogens (tertiary/aromatic N) is 4. The maximum Gasteiger partial charge on any atom is 0.165 e. The van der Waals surface area contributed by atoms with Crippen molar-refractivity contribution in [2.24, 2.45) is 5.41 Å². The second-order valence-electron chi connectivity index (χ2n) is 14.2. The Morgan fingerprint density at radius 2 is 1.89 bits per heavy atom. The monoisotopic (exact) mass is 625 g/mol. The lowest BCUT2D eigenvalue weighted by atomic mass is 9.60. The molecule has 10 heteroatoms. The van der Waals surface area contributed by atoms with Crippen molar-refractivity contribution in [3.63, 3.8) is 0 Å². The number of carbonyl (C=O) groups is 1. The van der Waals surface area contributed by atoms with Gasteiger partial charge in [0.1, 0.15) is 23.0 Å². The number of methoxy groups -OCH3 is 1. The largest absolute Gasteiger partial charge is 0.493 e. The second kappa shape index (κ2) is 11.0. The SMILES string of the molecule is COc1cc(CN2CCN(C3CC4(C3)CN(c3ccc(C=O)c(Oc5cnc6[nH]cc(F)c6c5)c3)C4)CC2)cc2c1OCC2(C)C. The van der Waals surface area contributed by atoms with Crippen LogP contribution in [0.5, 0.6) is 23.0 Å². The van der Waals surface area contributed by atoms with E-state index in [0.29, 0.717) is 46.2 Å². The Morgan fingerprint density at radius 1 is 1.09 bits per heavy atom. The van der Waals surface area contributed by atoms with Crippen molar-refractivity contribution in [1.29, 1.82) is 0 Å². The van der Waals surface area contributed by atoms with Gasteiger partial charge in [0.15, 0.2) is 17.8 Å². The maximum atomic E-state index is 14.1. The fourth-order valence-corrected chi connectivity index (χ4v) is 7.87. The van der Waals surface area contributed by atoms with E-state index in [1.807, 2.05) is 12.1 Å². The van der Waals surface area contributed by atoms with Gasteiger partial charge in [-0.3, -0.25) is 14.6 Å². The molecule has 9 nitrogen and oxygen atoms in total. The Labute approximate surface area is 268 Å². The van der Waals surface area contributed by atoms with Crippen molar-refractivity contribution in [1.82, 2.24) is 19.8 Å². The number of fused-ring (bicyclic) bond motifs is 2. The van der Waals surface area contributed by atoms with Crippen LogP contribution in [0.1, 0.15) is 48.2 Å². The Balaban J connectivity index is 0.848. The summed E-state index contributed by atoms with van der Waals surface area (Å²) in [4.78, 5) is 26.4. The van der Waals surface area contributed by atoms with Gasteiger partial charge in [0.2, 0.25) is 0 Å². The van der Waals surface area contributed by atoms with Crippen molar-refractivity contribution in [2.75, 3.05) is 57.9 Å². The smallest absolute Gasteiger partial charge is 0.165 e. The lowest BCUT2D eigenvalue weighted by Crippen LogP contribution is -2.68. The summed E-state index contributed by atoms with van der Waals surface area (Å²) < 4.78 is 31.8. The molecule has 46 heavy (non-hydrogen) atoms. The van der Waals surface area contributed by atoms with E-state index in [1.54, 1.807) is 19.2 Å². The third kappa shape index (κ3) is 5.08. The van der Waals surface area contributed by atoms with E-state index < -0.39 is 0 Å². The topological polar surface area (TPSA) is 83.2 Å². The third-order valence-corrected chi connectivity index (χ3v) is 10.5. The van der Waals surface area contributed by atoms with Crippen LogP contribution in [0.3, 0.4) is 0 Å². The number of piperazine rings is 1. The molecule has 240 valence electrons. The molecule has 2 aromatic carbocycles. The molecular weight excluding hydrogens is 585 g/mol. The van der Waals surface area contributed by atoms with Crippen molar-refractivity contribution in [2.45, 2.75) is 44.7 Å². The Bertz CT molecular complexity index is 1800. The zero-order valence-corrected chi connectivity index (χ0v) is 26.6. The lowest BCUT2D eigenvalue weighted by Gasteiger charge is -2.62. The van der Waals surface area contributed by atoms with E-state index in [4.69, 9.17) is 14.2 Å². The zero-order valence-electron chi connectivity index (χ0n) is 26.6. The first-order chi connectivity index (χ1) is 22.2. The first-order valence-electron chi connectivity index (χ1n) is 16.2. The molecule has 8 rings (SSSR count). The summed E-state index contributed by atoms with van der Waals surface area (Å²) >= 11 is 0. The number of aromatic amines is 1. The number of benzene rings is 2.